The van der Waals surface area contributed by atoms with Crippen molar-refractivity contribution >= 4 is 23.6 Å². The molecule has 0 saturated carbocycles. The summed E-state index contributed by atoms with van der Waals surface area (Å²) in [7, 11) is 5.33. The highest BCUT2D eigenvalue weighted by Gasteiger charge is 2.17. The second-order valence-corrected chi connectivity index (χ2v) is 6.83. The summed E-state index contributed by atoms with van der Waals surface area (Å²) >= 11 is 0. The van der Waals surface area contributed by atoms with Gasteiger partial charge in [0.15, 0.2) is 11.5 Å². The molecule has 8 nitrogen and oxygen atoms in total. The van der Waals surface area contributed by atoms with Crippen molar-refractivity contribution in [3.05, 3.63) is 53.6 Å². The second-order valence-electron chi connectivity index (χ2n) is 6.83. The van der Waals surface area contributed by atoms with Crippen molar-refractivity contribution in [3.63, 3.8) is 0 Å². The van der Waals surface area contributed by atoms with Gasteiger partial charge in [-0.2, -0.15) is 0 Å². The Bertz CT molecular complexity index is 1020. The fourth-order valence-electron chi connectivity index (χ4n) is 2.72. The zero-order valence-corrected chi connectivity index (χ0v) is 18.3. The molecule has 0 aliphatic heterocycles. The van der Waals surface area contributed by atoms with Gasteiger partial charge in [0, 0.05) is 18.2 Å². The Balaban J connectivity index is 2.30. The number of hydrogen-bond donors (Lipinski definition) is 2. The number of nitrogens with one attached hydrogen (secondary N) is 1. The van der Waals surface area contributed by atoms with E-state index < -0.39 is 11.9 Å². The monoisotopic (exact) mass is 438 g/mol. The van der Waals surface area contributed by atoms with Gasteiger partial charge in [-0.3, -0.25) is 4.79 Å². The topological polar surface area (TPSA) is 97.3 Å². The van der Waals surface area contributed by atoms with Crippen LogP contribution in [0.15, 0.2) is 42.5 Å². The van der Waals surface area contributed by atoms with Gasteiger partial charge in [0.25, 0.3) is 0 Å². The van der Waals surface area contributed by atoms with Gasteiger partial charge in [0.05, 0.1) is 18.4 Å². The Hall–Kier alpha value is -3.96. The number of nitrogens with zero attached hydrogens (tertiary/aromatic N) is 1. The van der Waals surface area contributed by atoms with Crippen molar-refractivity contribution in [2.75, 3.05) is 46.3 Å². The maximum absolute atomic E-state index is 12.4. The Morgan fingerprint density at radius 2 is 1.91 bits per heavy atom. The summed E-state index contributed by atoms with van der Waals surface area (Å²) in [6.07, 6.45) is 8.12. The molecular weight excluding hydrogens is 412 g/mol. The highest BCUT2D eigenvalue weighted by molar-refractivity contribution is 6.06. The van der Waals surface area contributed by atoms with E-state index in [4.69, 9.17) is 20.6 Å². The van der Waals surface area contributed by atoms with Crippen LogP contribution in [-0.2, 0) is 4.79 Å². The number of carboxylic acids is 1. The standard InChI is InChI=1S/C24H26N2O6/c1-5-15-31-20-12-10-17(22(23(20)30-4)32-16-14-26(2)3)11-13-21(27)25-19-9-7-6-8-18(19)24(28)29/h1,6-13H,14-16H2,2-4H3,(H,25,27)(H,28,29). The van der Waals surface area contributed by atoms with Crippen LogP contribution in [0.5, 0.6) is 17.2 Å². The molecule has 0 aliphatic rings. The molecule has 0 heterocycles. The fraction of sp³-hybridized carbons (Fsp3) is 0.250. The molecular formula is C24H26N2O6. The minimum atomic E-state index is -1.13. The zero-order valence-electron chi connectivity index (χ0n) is 18.3. The number of aromatic carboxylic acids is 1. The predicted molar refractivity (Wildman–Crippen MR) is 122 cm³/mol. The van der Waals surface area contributed by atoms with Crippen LogP contribution in [0.1, 0.15) is 15.9 Å². The summed E-state index contributed by atoms with van der Waals surface area (Å²) in [6.45, 7) is 1.10. The highest BCUT2D eigenvalue weighted by Crippen LogP contribution is 2.40. The number of hydrogen-bond acceptors (Lipinski definition) is 6. The molecule has 2 N–H and O–H groups in total. The number of carbonyl (C=O) groups excluding carboxylic acids is 1. The van der Waals surface area contributed by atoms with Gasteiger partial charge in [-0.15, -0.1) is 6.42 Å². The number of likely N-dealkylation sites (N-methyl/N-ethyl adjacent to an activating group) is 1. The molecule has 0 radical (unpaired) electrons. The predicted octanol–water partition coefficient (Wildman–Crippen LogP) is 3.00. The summed E-state index contributed by atoms with van der Waals surface area (Å²) in [5.74, 6) is 1.95. The van der Waals surface area contributed by atoms with Crippen LogP contribution in [0.3, 0.4) is 0 Å². The van der Waals surface area contributed by atoms with Gasteiger partial charge in [-0.1, -0.05) is 18.1 Å². The van der Waals surface area contributed by atoms with Crippen LogP contribution >= 0.6 is 0 Å². The normalized spacial score (nSPS) is 10.6. The number of terminal acetylenes is 1. The third kappa shape index (κ3) is 6.79. The van der Waals surface area contributed by atoms with Gasteiger partial charge in [-0.05, 0) is 44.4 Å². The number of para-hydroxylation sites is 1. The van der Waals surface area contributed by atoms with Crippen LogP contribution in [0, 0.1) is 12.3 Å². The average molecular weight is 438 g/mol. The van der Waals surface area contributed by atoms with Gasteiger partial charge in [-0.25, -0.2) is 4.79 Å². The molecule has 0 bridgehead atoms. The zero-order chi connectivity index (χ0) is 23.5. The number of ether oxygens (including phenoxy) is 3. The number of methoxy groups -OCH3 is 1. The first kappa shape index (κ1) is 24.3. The summed E-state index contributed by atoms with van der Waals surface area (Å²) < 4.78 is 16.9. The number of benzene rings is 2. The van der Waals surface area contributed by atoms with E-state index in [0.29, 0.717) is 36.0 Å². The van der Waals surface area contributed by atoms with Crippen LogP contribution in [0.4, 0.5) is 5.69 Å². The SMILES string of the molecule is C#CCOc1ccc(C=CC(=O)Nc2ccccc2C(=O)O)c(OCCN(C)C)c1OC. The number of anilines is 1. The van der Waals surface area contributed by atoms with Crippen LogP contribution in [0.25, 0.3) is 6.08 Å². The van der Waals surface area contributed by atoms with Gasteiger partial charge in [0.2, 0.25) is 11.7 Å². The molecule has 0 saturated heterocycles. The lowest BCUT2D eigenvalue weighted by Crippen LogP contribution is -2.20. The molecule has 0 unspecified atom stereocenters. The molecule has 8 heteroatoms. The smallest absolute Gasteiger partial charge is 0.337 e. The Labute approximate surface area is 187 Å². The van der Waals surface area contributed by atoms with Crippen molar-refractivity contribution in [1.82, 2.24) is 4.90 Å². The first-order valence-corrected chi connectivity index (χ1v) is 9.73. The summed E-state index contributed by atoms with van der Waals surface area (Å²) in [4.78, 5) is 25.7. The molecule has 32 heavy (non-hydrogen) atoms. The lowest BCUT2D eigenvalue weighted by Gasteiger charge is -2.18. The third-order valence-corrected chi connectivity index (χ3v) is 4.24. The minimum Gasteiger partial charge on any atom is -0.490 e. The highest BCUT2D eigenvalue weighted by atomic mass is 16.5. The first-order chi connectivity index (χ1) is 15.4. The Kier molecular flexibility index (Phi) is 9.14. The maximum atomic E-state index is 12.4. The Morgan fingerprint density at radius 3 is 2.56 bits per heavy atom. The van der Waals surface area contributed by atoms with Crippen molar-refractivity contribution in [2.45, 2.75) is 0 Å². The number of rotatable bonds is 11. The van der Waals surface area contributed by atoms with Gasteiger partial charge in [0.1, 0.15) is 13.2 Å². The van der Waals surface area contributed by atoms with Crippen molar-refractivity contribution in [3.8, 4) is 29.6 Å². The van der Waals surface area contributed by atoms with Crippen LogP contribution < -0.4 is 19.5 Å². The fourth-order valence-corrected chi connectivity index (χ4v) is 2.72. The molecule has 2 rings (SSSR count). The lowest BCUT2D eigenvalue weighted by molar-refractivity contribution is -0.111. The number of amides is 1. The summed E-state index contributed by atoms with van der Waals surface area (Å²) in [5, 5.41) is 11.8. The van der Waals surface area contributed by atoms with E-state index in [1.54, 1.807) is 30.3 Å². The second kappa shape index (κ2) is 12.0. The quantitative estimate of drug-likeness (QED) is 0.411. The van der Waals surface area contributed by atoms with E-state index in [9.17, 15) is 14.7 Å². The largest absolute Gasteiger partial charge is 0.490 e. The first-order valence-electron chi connectivity index (χ1n) is 9.73. The maximum Gasteiger partial charge on any atom is 0.337 e. The molecule has 0 aromatic heterocycles. The van der Waals surface area contributed by atoms with E-state index in [1.807, 2.05) is 19.0 Å². The van der Waals surface area contributed by atoms with E-state index in [0.717, 1.165) is 0 Å². The summed E-state index contributed by atoms with van der Waals surface area (Å²) in [6, 6.07) is 9.55. The van der Waals surface area contributed by atoms with Crippen molar-refractivity contribution < 1.29 is 28.9 Å². The van der Waals surface area contributed by atoms with Gasteiger partial charge < -0.3 is 29.5 Å². The van der Waals surface area contributed by atoms with E-state index in [-0.39, 0.29) is 17.9 Å². The number of carbonyl (C=O) groups is 2. The van der Waals surface area contributed by atoms with Crippen LogP contribution in [0.2, 0.25) is 0 Å². The van der Waals surface area contributed by atoms with Crippen molar-refractivity contribution in [1.29, 1.82) is 0 Å². The lowest BCUT2D eigenvalue weighted by atomic mass is 10.1. The average Bonchev–Trinajstić information content (AvgIpc) is 2.76. The minimum absolute atomic E-state index is 0.00126. The van der Waals surface area contributed by atoms with E-state index in [2.05, 4.69) is 11.2 Å². The molecule has 0 atom stereocenters. The molecule has 1 amide bonds. The molecule has 0 spiro atoms. The molecule has 168 valence electrons. The Morgan fingerprint density at radius 1 is 1.16 bits per heavy atom. The van der Waals surface area contributed by atoms with E-state index in [1.165, 1.54) is 25.3 Å². The third-order valence-electron chi connectivity index (χ3n) is 4.24. The van der Waals surface area contributed by atoms with E-state index >= 15 is 0 Å². The molecule has 2 aromatic carbocycles. The molecule has 0 aliphatic carbocycles. The molecule has 0 fully saturated rings. The van der Waals surface area contributed by atoms with Gasteiger partial charge >= 0.3 is 5.97 Å². The van der Waals surface area contributed by atoms with Crippen LogP contribution in [-0.4, -0.2) is 62.8 Å². The number of carboxylic acid groups (broad SMARTS) is 1. The van der Waals surface area contributed by atoms with Crippen molar-refractivity contribution in [2.24, 2.45) is 0 Å². The summed E-state index contributed by atoms with van der Waals surface area (Å²) in [5.41, 5.74) is 0.779. The molecule has 2 aromatic rings.